The van der Waals surface area contributed by atoms with Crippen LogP contribution in [0.5, 0.6) is 5.75 Å². The lowest BCUT2D eigenvalue weighted by Crippen LogP contribution is -2.45. The minimum atomic E-state index is 0.481. The van der Waals surface area contributed by atoms with Gasteiger partial charge in [0.25, 0.3) is 0 Å². The summed E-state index contributed by atoms with van der Waals surface area (Å²) in [6, 6.07) is 6.45. The monoisotopic (exact) mass is 403 g/mol. The van der Waals surface area contributed by atoms with E-state index >= 15 is 0 Å². The maximum absolute atomic E-state index is 6.14. The van der Waals surface area contributed by atoms with Crippen molar-refractivity contribution in [2.75, 3.05) is 60.6 Å². The van der Waals surface area contributed by atoms with E-state index in [0.717, 1.165) is 57.0 Å². The van der Waals surface area contributed by atoms with Gasteiger partial charge in [-0.1, -0.05) is 6.07 Å². The average molecular weight is 404 g/mol. The Kier molecular flexibility index (Phi) is 7.97. The van der Waals surface area contributed by atoms with E-state index in [2.05, 4.69) is 61.7 Å². The Bertz CT molecular complexity index is 664. The molecule has 5 nitrogen and oxygen atoms in total. The fourth-order valence-electron chi connectivity index (χ4n) is 5.00. The molecule has 2 fully saturated rings. The van der Waals surface area contributed by atoms with Crippen LogP contribution in [0, 0.1) is 13.8 Å². The van der Waals surface area contributed by atoms with Crippen LogP contribution >= 0.6 is 0 Å². The van der Waals surface area contributed by atoms with Crippen LogP contribution in [0.1, 0.15) is 48.9 Å². The summed E-state index contributed by atoms with van der Waals surface area (Å²) in [5, 5.41) is 0. The summed E-state index contributed by atoms with van der Waals surface area (Å²) in [6.45, 7) is 12.9. The van der Waals surface area contributed by atoms with Gasteiger partial charge >= 0.3 is 0 Å². The maximum Gasteiger partial charge on any atom is 0.122 e. The number of methoxy groups -OCH3 is 1. The van der Waals surface area contributed by atoms with Crippen LogP contribution in [0.15, 0.2) is 12.1 Å². The van der Waals surface area contributed by atoms with E-state index in [1.54, 1.807) is 7.11 Å². The fraction of sp³-hybridized carbons (Fsp3) is 0.750. The first kappa shape index (κ1) is 22.5. The molecule has 0 radical (unpaired) electrons. The molecule has 0 aliphatic carbocycles. The van der Waals surface area contributed by atoms with E-state index in [0.29, 0.717) is 6.04 Å². The molecular weight excluding hydrogens is 362 g/mol. The second-order valence-electron chi connectivity index (χ2n) is 9.11. The van der Waals surface area contributed by atoms with Crippen molar-refractivity contribution in [1.82, 2.24) is 14.7 Å². The summed E-state index contributed by atoms with van der Waals surface area (Å²) >= 11 is 0. The lowest BCUT2D eigenvalue weighted by atomic mass is 9.96. The van der Waals surface area contributed by atoms with Gasteiger partial charge in [0.05, 0.1) is 13.2 Å². The van der Waals surface area contributed by atoms with Crippen LogP contribution in [0.25, 0.3) is 0 Å². The van der Waals surface area contributed by atoms with E-state index < -0.39 is 0 Å². The second-order valence-corrected chi connectivity index (χ2v) is 9.11. The van der Waals surface area contributed by atoms with Crippen molar-refractivity contribution >= 4 is 0 Å². The Labute approximate surface area is 177 Å². The van der Waals surface area contributed by atoms with Crippen LogP contribution in [-0.2, 0) is 4.74 Å². The molecule has 2 aliphatic rings. The predicted octanol–water partition coefficient (Wildman–Crippen LogP) is 3.49. The quantitative estimate of drug-likeness (QED) is 0.528. The molecule has 3 rings (SSSR count). The highest BCUT2D eigenvalue weighted by Crippen LogP contribution is 2.38. The molecule has 1 aromatic carbocycles. The Morgan fingerprint density at radius 1 is 1.07 bits per heavy atom. The Morgan fingerprint density at radius 2 is 1.86 bits per heavy atom. The van der Waals surface area contributed by atoms with Gasteiger partial charge in [-0.3, -0.25) is 4.90 Å². The van der Waals surface area contributed by atoms with Gasteiger partial charge in [0.1, 0.15) is 5.75 Å². The van der Waals surface area contributed by atoms with Crippen molar-refractivity contribution in [2.45, 2.75) is 58.2 Å². The molecule has 29 heavy (non-hydrogen) atoms. The van der Waals surface area contributed by atoms with Crippen molar-refractivity contribution in [3.8, 4) is 5.75 Å². The largest absolute Gasteiger partial charge is 0.493 e. The molecule has 0 amide bonds. The third kappa shape index (κ3) is 5.32. The van der Waals surface area contributed by atoms with Crippen LogP contribution in [-0.4, -0.2) is 87.4 Å². The molecule has 2 heterocycles. The fourth-order valence-corrected chi connectivity index (χ4v) is 5.00. The highest BCUT2D eigenvalue weighted by molar-refractivity contribution is 5.45. The molecule has 5 heteroatoms. The lowest BCUT2D eigenvalue weighted by Gasteiger charge is -2.37. The number of likely N-dealkylation sites (N-methyl/N-ethyl adjacent to an activating group) is 2. The molecular formula is C24H41N3O2. The van der Waals surface area contributed by atoms with Crippen LogP contribution in [0.3, 0.4) is 0 Å². The van der Waals surface area contributed by atoms with E-state index in [1.807, 2.05) is 0 Å². The highest BCUT2D eigenvalue weighted by atomic mass is 16.5. The predicted molar refractivity (Wildman–Crippen MR) is 120 cm³/mol. The molecule has 164 valence electrons. The van der Waals surface area contributed by atoms with E-state index in [1.165, 1.54) is 36.2 Å². The lowest BCUT2D eigenvalue weighted by molar-refractivity contribution is 0.113. The van der Waals surface area contributed by atoms with Gasteiger partial charge in [-0.25, -0.2) is 0 Å². The molecule has 0 aromatic heterocycles. The Balaban J connectivity index is 1.49. The smallest absolute Gasteiger partial charge is 0.122 e. The zero-order valence-electron chi connectivity index (χ0n) is 19.4. The summed E-state index contributed by atoms with van der Waals surface area (Å²) in [5.74, 6) is 1.05. The standard InChI is InChI=1S/C24H41N3O2/c1-18-19(2)24(29-13-8-7-11-25(4)12-14-28-6)10-9-23(18)20(3)27-17-21-15-22(27)16-26(21)5/h9-10,20-22H,7-8,11-17H2,1-6H3/t20-,21?,22?/m0/s1. The molecule has 2 bridgehead atoms. The number of hydrogen-bond acceptors (Lipinski definition) is 5. The average Bonchev–Trinajstić information content (AvgIpc) is 3.28. The maximum atomic E-state index is 6.14. The normalized spacial score (nSPS) is 23.3. The first-order chi connectivity index (χ1) is 13.9. The number of piperazine rings is 1. The number of nitrogens with zero attached hydrogens (tertiary/aromatic N) is 3. The Morgan fingerprint density at radius 3 is 2.52 bits per heavy atom. The summed E-state index contributed by atoms with van der Waals surface area (Å²) in [7, 11) is 6.18. The number of fused-ring (bicyclic) bond motifs is 2. The highest BCUT2D eigenvalue weighted by Gasteiger charge is 2.43. The van der Waals surface area contributed by atoms with Crippen molar-refractivity contribution in [1.29, 1.82) is 0 Å². The van der Waals surface area contributed by atoms with Crippen molar-refractivity contribution in [3.63, 3.8) is 0 Å². The molecule has 2 aliphatic heterocycles. The van der Waals surface area contributed by atoms with Gasteiger partial charge in [-0.05, 0) is 83.4 Å². The van der Waals surface area contributed by atoms with Crippen molar-refractivity contribution in [3.05, 3.63) is 28.8 Å². The van der Waals surface area contributed by atoms with E-state index in [9.17, 15) is 0 Å². The number of unbranched alkanes of at least 4 members (excludes halogenated alkanes) is 1. The molecule has 1 aromatic rings. The van der Waals surface area contributed by atoms with Gasteiger partial charge in [-0.2, -0.15) is 0 Å². The first-order valence-electron chi connectivity index (χ1n) is 11.3. The van der Waals surface area contributed by atoms with Gasteiger partial charge in [-0.15, -0.1) is 0 Å². The molecule has 2 saturated heterocycles. The van der Waals surface area contributed by atoms with Crippen molar-refractivity contribution in [2.24, 2.45) is 0 Å². The van der Waals surface area contributed by atoms with Crippen LogP contribution < -0.4 is 4.74 Å². The number of hydrogen-bond donors (Lipinski definition) is 0. The zero-order chi connectivity index (χ0) is 21.0. The molecule has 0 saturated carbocycles. The SMILES string of the molecule is COCCN(C)CCCCOc1ccc([C@H](C)N2CC3CC2CN3C)c(C)c1C. The van der Waals surface area contributed by atoms with Gasteiger partial charge < -0.3 is 19.3 Å². The number of likely N-dealkylation sites (tertiary alicyclic amines) is 2. The minimum Gasteiger partial charge on any atom is -0.493 e. The van der Waals surface area contributed by atoms with E-state index in [-0.39, 0.29) is 0 Å². The minimum absolute atomic E-state index is 0.481. The number of benzene rings is 1. The summed E-state index contributed by atoms with van der Waals surface area (Å²) in [4.78, 5) is 7.56. The summed E-state index contributed by atoms with van der Waals surface area (Å²) < 4.78 is 11.3. The van der Waals surface area contributed by atoms with Gasteiger partial charge in [0, 0.05) is 44.9 Å². The molecule has 2 unspecified atom stereocenters. The Hall–Kier alpha value is -1.14. The third-order valence-electron chi connectivity index (χ3n) is 7.15. The number of rotatable bonds is 11. The first-order valence-corrected chi connectivity index (χ1v) is 11.3. The van der Waals surface area contributed by atoms with Gasteiger partial charge in [0.15, 0.2) is 0 Å². The van der Waals surface area contributed by atoms with E-state index in [4.69, 9.17) is 9.47 Å². The van der Waals surface area contributed by atoms with Crippen molar-refractivity contribution < 1.29 is 9.47 Å². The van der Waals surface area contributed by atoms with Crippen LogP contribution in [0.2, 0.25) is 0 Å². The number of ether oxygens (including phenoxy) is 2. The molecule has 0 N–H and O–H groups in total. The summed E-state index contributed by atoms with van der Waals surface area (Å²) in [5.41, 5.74) is 4.16. The molecule has 0 spiro atoms. The topological polar surface area (TPSA) is 28.2 Å². The zero-order valence-corrected chi connectivity index (χ0v) is 19.4. The second kappa shape index (κ2) is 10.3. The summed E-state index contributed by atoms with van der Waals surface area (Å²) in [6.07, 6.45) is 3.57. The van der Waals surface area contributed by atoms with Crippen LogP contribution in [0.4, 0.5) is 0 Å². The molecule has 3 atom stereocenters. The van der Waals surface area contributed by atoms with Gasteiger partial charge in [0.2, 0.25) is 0 Å². The third-order valence-corrected chi connectivity index (χ3v) is 7.15.